The first-order chi connectivity index (χ1) is 19.8. The summed E-state index contributed by atoms with van der Waals surface area (Å²) in [4.78, 5) is 38.0. The van der Waals surface area contributed by atoms with Crippen LogP contribution in [0.1, 0.15) is 52.3 Å². The van der Waals surface area contributed by atoms with Crippen molar-refractivity contribution >= 4 is 33.5 Å². The molecule has 3 aromatic heterocycles. The van der Waals surface area contributed by atoms with Crippen molar-refractivity contribution in [1.82, 2.24) is 20.3 Å². The summed E-state index contributed by atoms with van der Waals surface area (Å²) in [5.74, 6) is -2.03. The van der Waals surface area contributed by atoms with Gasteiger partial charge in [0.2, 0.25) is 11.5 Å². The lowest BCUT2D eigenvalue weighted by molar-refractivity contribution is -0.265. The molecule has 4 N–H and O–H groups in total. The second kappa shape index (κ2) is 9.70. The van der Waals surface area contributed by atoms with Crippen molar-refractivity contribution < 1.29 is 37.0 Å². The largest absolute Gasteiger partial charge is 0.489 e. The zero-order chi connectivity index (χ0) is 30.0. The number of hydrogen-bond donors (Lipinski definition) is 3. The molecule has 2 aliphatic rings. The van der Waals surface area contributed by atoms with E-state index >= 15 is 0 Å². The number of ether oxygens (including phenoxy) is 1. The number of nitrogens with one attached hydrogen (secondary N) is 1. The molecule has 2 amide bonds. The molecule has 1 aromatic carbocycles. The van der Waals surface area contributed by atoms with Crippen LogP contribution >= 0.6 is 11.3 Å². The van der Waals surface area contributed by atoms with Crippen molar-refractivity contribution in [3.8, 4) is 17.0 Å². The Morgan fingerprint density at radius 1 is 1.19 bits per heavy atom. The average Bonchev–Trinajstić information content (AvgIpc) is 3.62. The molecular weight excluding hydrogens is 578 g/mol. The van der Waals surface area contributed by atoms with E-state index in [4.69, 9.17) is 10.5 Å². The highest BCUT2D eigenvalue weighted by Crippen LogP contribution is 2.48. The van der Waals surface area contributed by atoms with Crippen molar-refractivity contribution in [2.75, 3.05) is 13.2 Å². The van der Waals surface area contributed by atoms with Crippen molar-refractivity contribution in [1.29, 1.82) is 0 Å². The molecule has 1 aliphatic heterocycles. The molecule has 1 unspecified atom stereocenters. The zero-order valence-electron chi connectivity index (χ0n) is 22.0. The molecule has 1 aliphatic carbocycles. The van der Waals surface area contributed by atoms with E-state index in [0.717, 1.165) is 36.0 Å². The molecule has 0 bridgehead atoms. The Morgan fingerprint density at radius 2 is 1.90 bits per heavy atom. The van der Waals surface area contributed by atoms with Gasteiger partial charge in [-0.15, -0.1) is 11.3 Å². The number of aliphatic hydroxyl groups is 1. The highest BCUT2D eigenvalue weighted by Gasteiger charge is 2.57. The van der Waals surface area contributed by atoms with Gasteiger partial charge in [-0.05, 0) is 56.2 Å². The van der Waals surface area contributed by atoms with Crippen LogP contribution in [0.25, 0.3) is 21.6 Å². The van der Waals surface area contributed by atoms with Gasteiger partial charge in [-0.3, -0.25) is 9.59 Å². The minimum atomic E-state index is -5.33. The van der Waals surface area contributed by atoms with Crippen molar-refractivity contribution in [2.24, 2.45) is 5.73 Å². The Bertz CT molecular complexity index is 1740. The minimum absolute atomic E-state index is 0.0124. The fraction of sp³-hybridized carbons (Fsp3) is 0.321. The van der Waals surface area contributed by atoms with Gasteiger partial charge >= 0.3 is 6.18 Å². The number of nitrogens with zero attached hydrogens (tertiary/aromatic N) is 3. The summed E-state index contributed by atoms with van der Waals surface area (Å²) >= 11 is 1.37. The predicted molar refractivity (Wildman–Crippen MR) is 143 cm³/mol. The SMILES string of the molecule is C[C@]1(C(N)=O)COc2c1cc(C(O)(CNC(=O)c1cnc3nc(C4CC4)sc3c1)C(F)(F)F)nc2-c1ccc(F)cc1. The quantitative estimate of drug-likeness (QED) is 0.271. The van der Waals surface area contributed by atoms with Crippen molar-refractivity contribution in [3.05, 3.63) is 70.2 Å². The van der Waals surface area contributed by atoms with Gasteiger partial charge in [0.25, 0.3) is 5.91 Å². The molecule has 9 nitrogen and oxygen atoms in total. The molecule has 0 spiro atoms. The Morgan fingerprint density at radius 3 is 2.55 bits per heavy atom. The van der Waals surface area contributed by atoms with Gasteiger partial charge < -0.3 is 20.9 Å². The molecule has 1 saturated carbocycles. The third kappa shape index (κ3) is 4.64. The smallest absolute Gasteiger partial charge is 0.424 e. The number of carbonyl (C=O) groups is 2. The van der Waals surface area contributed by atoms with Crippen LogP contribution in [-0.2, 0) is 15.8 Å². The zero-order valence-corrected chi connectivity index (χ0v) is 22.8. The fourth-order valence-corrected chi connectivity index (χ4v) is 5.85. The van der Waals surface area contributed by atoms with Gasteiger partial charge in [-0.25, -0.2) is 19.3 Å². The Labute approximate surface area is 239 Å². The first-order valence-corrected chi connectivity index (χ1v) is 13.7. The van der Waals surface area contributed by atoms with Gasteiger partial charge in [-0.1, -0.05) is 0 Å². The molecule has 1 fully saturated rings. The van der Waals surface area contributed by atoms with E-state index in [9.17, 15) is 32.3 Å². The average molecular weight is 602 g/mol. The fourth-order valence-electron chi connectivity index (χ4n) is 4.71. The van der Waals surface area contributed by atoms with Crippen LogP contribution < -0.4 is 15.8 Å². The first-order valence-electron chi connectivity index (χ1n) is 12.9. The number of hydrogen-bond acceptors (Lipinski definition) is 8. The lowest BCUT2D eigenvalue weighted by atomic mass is 9.81. The summed E-state index contributed by atoms with van der Waals surface area (Å²) in [6.45, 7) is -0.203. The molecular formula is C28H23F4N5O4S. The number of thiazole rings is 1. The number of benzene rings is 1. The normalized spacial score (nSPS) is 19.7. The number of nitrogens with two attached hydrogens (primary N) is 1. The molecule has 4 aromatic rings. The predicted octanol–water partition coefficient (Wildman–Crippen LogP) is 4.09. The number of amides is 2. The molecule has 0 radical (unpaired) electrons. The standard InChI is InChI=1S/C28H23F4N5O4S/c1-26(25(33)39)12-41-21-17(26)9-19(36-20(21)13-4-6-16(29)7-5-13)27(40,28(30,31)32)11-35-23(38)15-8-18-22(34-10-15)37-24(42-18)14-2-3-14/h4-10,14,40H,2-3,11-12H2,1H3,(H2,33,39)(H,35,38)/t26-,27?/m0/s1. The van der Waals surface area contributed by atoms with Gasteiger partial charge in [0.15, 0.2) is 5.65 Å². The Kier molecular flexibility index (Phi) is 6.46. The van der Waals surface area contributed by atoms with E-state index in [2.05, 4.69) is 20.3 Å². The maximum Gasteiger partial charge on any atom is 0.424 e. The van der Waals surface area contributed by atoms with E-state index in [1.807, 2.05) is 0 Å². The minimum Gasteiger partial charge on any atom is -0.489 e. The number of pyridine rings is 2. The van der Waals surface area contributed by atoms with Crippen LogP contribution in [0.3, 0.4) is 0 Å². The van der Waals surface area contributed by atoms with E-state index in [1.165, 1.54) is 42.7 Å². The number of primary amides is 1. The summed E-state index contributed by atoms with van der Waals surface area (Å²) in [5.41, 5.74) is -0.153. The van der Waals surface area contributed by atoms with Crippen LogP contribution in [-0.4, -0.2) is 51.2 Å². The molecule has 0 saturated heterocycles. The summed E-state index contributed by atoms with van der Waals surface area (Å²) in [5, 5.41) is 14.2. The number of halogens is 4. The molecule has 218 valence electrons. The lowest BCUT2D eigenvalue weighted by Crippen LogP contribution is -2.51. The van der Waals surface area contributed by atoms with Gasteiger partial charge in [0.05, 0.1) is 27.5 Å². The number of fused-ring (bicyclic) bond motifs is 2. The summed E-state index contributed by atoms with van der Waals surface area (Å²) in [7, 11) is 0. The van der Waals surface area contributed by atoms with Gasteiger partial charge in [0.1, 0.15) is 29.3 Å². The Balaban J connectivity index is 1.38. The van der Waals surface area contributed by atoms with Crippen molar-refractivity contribution in [2.45, 2.75) is 42.9 Å². The Hall–Kier alpha value is -4.17. The maximum absolute atomic E-state index is 14.6. The van der Waals surface area contributed by atoms with Crippen LogP contribution in [0.5, 0.6) is 5.75 Å². The maximum atomic E-state index is 14.6. The molecule has 4 heterocycles. The van der Waals surface area contributed by atoms with Crippen molar-refractivity contribution in [3.63, 3.8) is 0 Å². The van der Waals surface area contributed by atoms with E-state index in [0.29, 0.717) is 16.3 Å². The highest BCUT2D eigenvalue weighted by atomic mass is 32.1. The van der Waals surface area contributed by atoms with Crippen LogP contribution in [0.2, 0.25) is 0 Å². The van der Waals surface area contributed by atoms with Crippen LogP contribution in [0.15, 0.2) is 42.6 Å². The number of rotatable bonds is 7. The first kappa shape index (κ1) is 28.0. The number of alkyl halides is 3. The van der Waals surface area contributed by atoms with Crippen LogP contribution in [0.4, 0.5) is 17.6 Å². The molecule has 42 heavy (non-hydrogen) atoms. The van der Waals surface area contributed by atoms with Gasteiger partial charge in [0, 0.05) is 23.2 Å². The van der Waals surface area contributed by atoms with Gasteiger partial charge in [-0.2, -0.15) is 13.2 Å². The second-order valence-corrected chi connectivity index (χ2v) is 11.7. The number of carbonyl (C=O) groups excluding carboxylic acids is 2. The third-order valence-electron chi connectivity index (χ3n) is 7.58. The number of aromatic nitrogens is 3. The summed E-state index contributed by atoms with van der Waals surface area (Å²) in [6.07, 6.45) is -2.08. The molecule has 6 rings (SSSR count). The second-order valence-electron chi connectivity index (χ2n) is 10.6. The van der Waals surface area contributed by atoms with E-state index < -0.39 is 47.1 Å². The topological polar surface area (TPSA) is 140 Å². The van der Waals surface area contributed by atoms with E-state index in [1.54, 1.807) is 0 Å². The third-order valence-corrected chi connectivity index (χ3v) is 8.74. The lowest BCUT2D eigenvalue weighted by Gasteiger charge is -2.31. The monoisotopic (exact) mass is 601 g/mol. The summed E-state index contributed by atoms with van der Waals surface area (Å²) in [6, 6.07) is 7.10. The molecule has 2 atom stereocenters. The molecule has 14 heteroatoms. The van der Waals surface area contributed by atoms with E-state index in [-0.39, 0.29) is 34.7 Å². The van der Waals surface area contributed by atoms with Crippen LogP contribution in [0, 0.1) is 5.82 Å². The highest BCUT2D eigenvalue weighted by molar-refractivity contribution is 7.18. The summed E-state index contributed by atoms with van der Waals surface area (Å²) < 4.78 is 63.7.